The number of benzene rings is 1. The number of nitrogens with zero attached hydrogens (tertiary/aromatic N) is 2. The highest BCUT2D eigenvalue weighted by Gasteiger charge is 2.10. The molecular weight excluding hydrogens is 270 g/mol. The third-order valence-corrected chi connectivity index (χ3v) is 3.75. The molecule has 0 aliphatic carbocycles. The molecule has 0 saturated carbocycles. The highest BCUT2D eigenvalue weighted by molar-refractivity contribution is 7.13. The first-order valence-electron chi connectivity index (χ1n) is 6.15. The van der Waals surface area contributed by atoms with Crippen LogP contribution in [0, 0.1) is 6.92 Å². The van der Waals surface area contributed by atoms with Crippen molar-refractivity contribution in [3.63, 3.8) is 0 Å². The van der Waals surface area contributed by atoms with Crippen molar-refractivity contribution in [2.24, 2.45) is 0 Å². The molecule has 0 amide bonds. The van der Waals surface area contributed by atoms with E-state index in [-0.39, 0.29) is 5.43 Å². The molecule has 0 unspecified atom stereocenters. The first-order valence-corrected chi connectivity index (χ1v) is 7.03. The molecule has 0 saturated heterocycles. The Kier molecular flexibility index (Phi) is 3.12. The van der Waals surface area contributed by atoms with E-state index in [0.29, 0.717) is 16.4 Å². The van der Waals surface area contributed by atoms with E-state index in [1.54, 1.807) is 11.4 Å². The van der Waals surface area contributed by atoms with Crippen molar-refractivity contribution in [1.82, 2.24) is 9.55 Å². The van der Waals surface area contributed by atoms with E-state index < -0.39 is 0 Å². The van der Waals surface area contributed by atoms with Crippen LogP contribution in [0.15, 0.2) is 52.8 Å². The standard InChI is InChI=1S/C15H13N3OS/c1-10-7-14(19)12(13-9-20-15(16)17-13)8-18(10)11-5-3-2-4-6-11/h2-9H,1H3,(H2,16,17). The van der Waals surface area contributed by atoms with E-state index in [2.05, 4.69) is 4.98 Å². The van der Waals surface area contributed by atoms with Gasteiger partial charge in [0.05, 0.1) is 11.3 Å². The number of pyridine rings is 1. The summed E-state index contributed by atoms with van der Waals surface area (Å²) in [6, 6.07) is 11.5. The van der Waals surface area contributed by atoms with Crippen LogP contribution in [0.5, 0.6) is 0 Å². The van der Waals surface area contributed by atoms with Crippen molar-refractivity contribution < 1.29 is 0 Å². The molecule has 2 N–H and O–H groups in total. The Labute approximate surface area is 120 Å². The molecule has 100 valence electrons. The lowest BCUT2D eigenvalue weighted by Gasteiger charge is -2.11. The molecule has 5 heteroatoms. The van der Waals surface area contributed by atoms with Gasteiger partial charge in [-0.3, -0.25) is 4.79 Å². The molecule has 0 atom stereocenters. The molecule has 0 bridgehead atoms. The molecule has 4 nitrogen and oxygen atoms in total. The number of nitrogens with two attached hydrogens (primary N) is 1. The Morgan fingerprint density at radius 3 is 2.65 bits per heavy atom. The number of hydrogen-bond donors (Lipinski definition) is 1. The van der Waals surface area contributed by atoms with Crippen LogP contribution in [0.2, 0.25) is 0 Å². The smallest absolute Gasteiger partial charge is 0.191 e. The van der Waals surface area contributed by atoms with Crippen LogP contribution in [0.1, 0.15) is 5.69 Å². The van der Waals surface area contributed by atoms with E-state index in [1.165, 1.54) is 11.3 Å². The van der Waals surface area contributed by atoms with Gasteiger partial charge in [-0.2, -0.15) is 0 Å². The van der Waals surface area contributed by atoms with Gasteiger partial charge in [0.15, 0.2) is 10.6 Å². The van der Waals surface area contributed by atoms with Crippen LogP contribution >= 0.6 is 11.3 Å². The summed E-state index contributed by atoms with van der Waals surface area (Å²) in [7, 11) is 0. The SMILES string of the molecule is Cc1cc(=O)c(-c2csc(N)n2)cn1-c1ccccc1. The summed E-state index contributed by atoms with van der Waals surface area (Å²) < 4.78 is 1.98. The lowest BCUT2D eigenvalue weighted by molar-refractivity contribution is 0.975. The van der Waals surface area contributed by atoms with Gasteiger partial charge in [-0.05, 0) is 19.1 Å². The average molecular weight is 283 g/mol. The van der Waals surface area contributed by atoms with Crippen LogP contribution in [0.4, 0.5) is 5.13 Å². The zero-order valence-electron chi connectivity index (χ0n) is 10.9. The number of thiazole rings is 1. The third kappa shape index (κ3) is 2.23. The first kappa shape index (κ1) is 12.6. The predicted molar refractivity (Wildman–Crippen MR) is 82.3 cm³/mol. The number of hydrogen-bond acceptors (Lipinski definition) is 4. The maximum atomic E-state index is 12.1. The zero-order chi connectivity index (χ0) is 14.1. The normalized spacial score (nSPS) is 10.7. The van der Waals surface area contributed by atoms with Gasteiger partial charge in [-0.1, -0.05) is 18.2 Å². The molecule has 1 aromatic carbocycles. The largest absolute Gasteiger partial charge is 0.375 e. The molecule has 0 aliphatic rings. The van der Waals surface area contributed by atoms with Crippen LogP contribution in [0.3, 0.4) is 0 Å². The van der Waals surface area contributed by atoms with Crippen molar-refractivity contribution in [3.8, 4) is 16.9 Å². The maximum Gasteiger partial charge on any atom is 0.191 e. The lowest BCUT2D eigenvalue weighted by Crippen LogP contribution is -2.11. The Hall–Kier alpha value is -2.40. The fraction of sp³-hybridized carbons (Fsp3) is 0.0667. The molecule has 0 fully saturated rings. The molecular formula is C15H13N3OS. The lowest BCUT2D eigenvalue weighted by atomic mass is 10.2. The third-order valence-electron chi connectivity index (χ3n) is 3.08. The second-order valence-corrected chi connectivity index (χ2v) is 5.36. The van der Waals surface area contributed by atoms with Crippen molar-refractivity contribution in [2.45, 2.75) is 6.92 Å². The van der Waals surface area contributed by atoms with Crippen molar-refractivity contribution in [3.05, 3.63) is 63.9 Å². The van der Waals surface area contributed by atoms with E-state index in [0.717, 1.165) is 11.4 Å². The summed E-state index contributed by atoms with van der Waals surface area (Å²) in [5.74, 6) is 0. The minimum absolute atomic E-state index is 0.0417. The highest BCUT2D eigenvalue weighted by Crippen LogP contribution is 2.21. The van der Waals surface area contributed by atoms with E-state index in [1.807, 2.05) is 48.0 Å². The van der Waals surface area contributed by atoms with Crippen LogP contribution < -0.4 is 11.2 Å². The number of anilines is 1. The molecule has 0 radical (unpaired) electrons. The quantitative estimate of drug-likeness (QED) is 0.786. The molecule has 3 rings (SSSR count). The summed E-state index contributed by atoms with van der Waals surface area (Å²) in [6.07, 6.45) is 1.82. The molecule has 2 aromatic heterocycles. The van der Waals surface area contributed by atoms with Gasteiger partial charge < -0.3 is 10.3 Å². The van der Waals surface area contributed by atoms with E-state index in [4.69, 9.17) is 5.73 Å². The van der Waals surface area contributed by atoms with Crippen molar-refractivity contribution in [2.75, 3.05) is 5.73 Å². The summed E-state index contributed by atoms with van der Waals surface area (Å²) in [6.45, 7) is 1.91. The Balaban J connectivity index is 2.21. The molecule has 0 aliphatic heterocycles. The minimum atomic E-state index is -0.0417. The molecule has 20 heavy (non-hydrogen) atoms. The van der Waals surface area contributed by atoms with Crippen molar-refractivity contribution >= 4 is 16.5 Å². The van der Waals surface area contributed by atoms with Crippen molar-refractivity contribution in [1.29, 1.82) is 0 Å². The Morgan fingerprint density at radius 1 is 1.25 bits per heavy atom. The van der Waals surface area contributed by atoms with Gasteiger partial charge in [0, 0.05) is 29.0 Å². The Morgan fingerprint density at radius 2 is 2.00 bits per heavy atom. The van der Waals surface area contributed by atoms with Crippen LogP contribution in [0.25, 0.3) is 16.9 Å². The summed E-state index contributed by atoms with van der Waals surface area (Å²) in [4.78, 5) is 16.3. The molecule has 3 aromatic rings. The van der Waals surface area contributed by atoms with Crippen LogP contribution in [-0.2, 0) is 0 Å². The van der Waals surface area contributed by atoms with Crippen LogP contribution in [-0.4, -0.2) is 9.55 Å². The summed E-state index contributed by atoms with van der Waals surface area (Å²) in [5.41, 5.74) is 8.68. The Bertz CT molecular complexity index is 805. The van der Waals surface area contributed by atoms with E-state index in [9.17, 15) is 4.79 Å². The number of aryl methyl sites for hydroxylation is 1. The van der Waals surface area contributed by atoms with Gasteiger partial charge in [0.1, 0.15) is 0 Å². The monoisotopic (exact) mass is 283 g/mol. The predicted octanol–water partition coefficient (Wildman–Crippen LogP) is 2.85. The maximum absolute atomic E-state index is 12.1. The number of rotatable bonds is 2. The zero-order valence-corrected chi connectivity index (χ0v) is 11.7. The fourth-order valence-electron chi connectivity index (χ4n) is 2.10. The topological polar surface area (TPSA) is 60.9 Å². The second-order valence-electron chi connectivity index (χ2n) is 4.47. The highest BCUT2D eigenvalue weighted by atomic mass is 32.1. The van der Waals surface area contributed by atoms with Gasteiger partial charge in [0.2, 0.25) is 0 Å². The van der Waals surface area contributed by atoms with Gasteiger partial charge >= 0.3 is 0 Å². The fourth-order valence-corrected chi connectivity index (χ4v) is 2.67. The molecule has 0 spiro atoms. The van der Waals surface area contributed by atoms with Gasteiger partial charge in [-0.25, -0.2) is 4.98 Å². The second kappa shape index (κ2) is 4.94. The number of para-hydroxylation sites is 1. The summed E-state index contributed by atoms with van der Waals surface area (Å²) >= 11 is 1.33. The average Bonchev–Trinajstić information content (AvgIpc) is 2.86. The number of aromatic nitrogens is 2. The first-order chi connectivity index (χ1) is 9.65. The summed E-state index contributed by atoms with van der Waals surface area (Å²) in [5, 5.41) is 2.27. The minimum Gasteiger partial charge on any atom is -0.375 e. The van der Waals surface area contributed by atoms with Gasteiger partial charge in [-0.15, -0.1) is 11.3 Å². The van der Waals surface area contributed by atoms with E-state index >= 15 is 0 Å². The molecule has 2 heterocycles. The number of nitrogen functional groups attached to an aromatic ring is 1. The van der Waals surface area contributed by atoms with Gasteiger partial charge in [0.25, 0.3) is 0 Å².